The van der Waals surface area contributed by atoms with Gasteiger partial charge in [0, 0.05) is 13.1 Å². The van der Waals surface area contributed by atoms with Crippen molar-refractivity contribution in [1.29, 1.82) is 5.26 Å². The predicted molar refractivity (Wildman–Crippen MR) is 62.0 cm³/mol. The highest BCUT2D eigenvalue weighted by molar-refractivity contribution is 7.91. The van der Waals surface area contributed by atoms with Gasteiger partial charge in [-0.3, -0.25) is 0 Å². The maximum absolute atomic E-state index is 11.3. The molecule has 84 valence electrons. The van der Waals surface area contributed by atoms with E-state index in [9.17, 15) is 8.42 Å². The van der Waals surface area contributed by atoms with E-state index in [2.05, 4.69) is 6.07 Å². The number of nitriles is 1. The van der Waals surface area contributed by atoms with Gasteiger partial charge in [0.1, 0.15) is 6.07 Å². The Morgan fingerprint density at radius 3 is 2.44 bits per heavy atom. The fourth-order valence-electron chi connectivity index (χ4n) is 1.80. The minimum Gasteiger partial charge on any atom is -0.368 e. The first kappa shape index (κ1) is 11.0. The number of benzene rings is 1. The summed E-state index contributed by atoms with van der Waals surface area (Å²) in [6.07, 6.45) is 0. The summed E-state index contributed by atoms with van der Waals surface area (Å²) in [5, 5.41) is 8.96. The maximum Gasteiger partial charge on any atom is 0.153 e. The van der Waals surface area contributed by atoms with Gasteiger partial charge in [-0.2, -0.15) is 5.26 Å². The van der Waals surface area contributed by atoms with E-state index < -0.39 is 9.84 Å². The summed E-state index contributed by atoms with van der Waals surface area (Å²) < 4.78 is 22.6. The Morgan fingerprint density at radius 1 is 1.19 bits per heavy atom. The molecule has 2 rings (SSSR count). The van der Waals surface area contributed by atoms with Gasteiger partial charge in [0.25, 0.3) is 0 Å². The van der Waals surface area contributed by atoms with Gasteiger partial charge in [0.15, 0.2) is 9.84 Å². The van der Waals surface area contributed by atoms with Crippen molar-refractivity contribution in [2.75, 3.05) is 29.5 Å². The second-order valence-corrected chi connectivity index (χ2v) is 6.07. The number of anilines is 1. The number of sulfone groups is 1. The standard InChI is InChI=1S/C11H12N2O2S/c12-9-10-3-1-2-4-11(10)13-5-7-16(14,15)8-6-13/h1-4H,5-8H2. The Labute approximate surface area is 95.0 Å². The highest BCUT2D eigenvalue weighted by Gasteiger charge is 2.22. The van der Waals surface area contributed by atoms with Crippen molar-refractivity contribution in [1.82, 2.24) is 0 Å². The van der Waals surface area contributed by atoms with Crippen LogP contribution in [-0.4, -0.2) is 33.0 Å². The van der Waals surface area contributed by atoms with Crippen molar-refractivity contribution in [3.8, 4) is 6.07 Å². The lowest BCUT2D eigenvalue weighted by molar-refractivity contribution is 0.587. The molecular weight excluding hydrogens is 224 g/mol. The molecule has 4 nitrogen and oxygen atoms in total. The summed E-state index contributed by atoms with van der Waals surface area (Å²) >= 11 is 0. The SMILES string of the molecule is N#Cc1ccccc1N1CCS(=O)(=O)CC1. The fourth-order valence-corrected chi connectivity index (χ4v) is 3.00. The number of para-hydroxylation sites is 1. The van der Waals surface area contributed by atoms with E-state index in [1.807, 2.05) is 23.1 Å². The third kappa shape index (κ3) is 2.17. The van der Waals surface area contributed by atoms with Crippen molar-refractivity contribution in [2.45, 2.75) is 0 Å². The van der Waals surface area contributed by atoms with Crippen LogP contribution in [0.4, 0.5) is 5.69 Å². The quantitative estimate of drug-likeness (QED) is 0.723. The van der Waals surface area contributed by atoms with Gasteiger partial charge in [0.2, 0.25) is 0 Å². The molecule has 1 aliphatic rings. The van der Waals surface area contributed by atoms with Crippen LogP contribution in [0.3, 0.4) is 0 Å². The first-order valence-corrected chi connectivity index (χ1v) is 6.89. The molecule has 0 atom stereocenters. The Balaban J connectivity index is 2.24. The largest absolute Gasteiger partial charge is 0.368 e. The fraction of sp³-hybridized carbons (Fsp3) is 0.364. The van der Waals surface area contributed by atoms with E-state index in [0.29, 0.717) is 18.7 Å². The predicted octanol–water partition coefficient (Wildman–Crippen LogP) is 0.793. The van der Waals surface area contributed by atoms with Gasteiger partial charge in [-0.15, -0.1) is 0 Å². The molecule has 0 bridgehead atoms. The van der Waals surface area contributed by atoms with Crippen molar-refractivity contribution in [2.24, 2.45) is 0 Å². The highest BCUT2D eigenvalue weighted by Crippen LogP contribution is 2.21. The zero-order valence-electron chi connectivity index (χ0n) is 8.76. The van der Waals surface area contributed by atoms with Crippen LogP contribution in [0.15, 0.2) is 24.3 Å². The molecule has 1 aliphatic heterocycles. The van der Waals surface area contributed by atoms with E-state index in [1.165, 1.54) is 0 Å². The number of nitrogens with zero attached hydrogens (tertiary/aromatic N) is 2. The van der Waals surface area contributed by atoms with Crippen LogP contribution in [0.2, 0.25) is 0 Å². The van der Waals surface area contributed by atoms with Crippen LogP contribution in [0.25, 0.3) is 0 Å². The zero-order valence-corrected chi connectivity index (χ0v) is 9.57. The van der Waals surface area contributed by atoms with Crippen LogP contribution < -0.4 is 4.90 Å². The van der Waals surface area contributed by atoms with Gasteiger partial charge < -0.3 is 4.90 Å². The molecule has 0 radical (unpaired) electrons. The molecule has 0 saturated carbocycles. The van der Waals surface area contributed by atoms with E-state index >= 15 is 0 Å². The molecule has 1 heterocycles. The molecule has 0 spiro atoms. The van der Waals surface area contributed by atoms with Gasteiger partial charge in [-0.1, -0.05) is 12.1 Å². The second kappa shape index (κ2) is 4.14. The molecule has 0 aliphatic carbocycles. The molecule has 1 aromatic carbocycles. The molecule has 0 amide bonds. The smallest absolute Gasteiger partial charge is 0.153 e. The number of rotatable bonds is 1. The first-order chi connectivity index (χ1) is 7.62. The molecule has 16 heavy (non-hydrogen) atoms. The van der Waals surface area contributed by atoms with Gasteiger partial charge in [-0.05, 0) is 12.1 Å². The molecule has 1 fully saturated rings. The maximum atomic E-state index is 11.3. The second-order valence-electron chi connectivity index (χ2n) is 3.77. The Hall–Kier alpha value is -1.54. The summed E-state index contributed by atoms with van der Waals surface area (Å²) in [5.74, 6) is 0.347. The van der Waals surface area contributed by atoms with Crippen molar-refractivity contribution >= 4 is 15.5 Å². The molecule has 1 aromatic rings. The van der Waals surface area contributed by atoms with Gasteiger partial charge in [0.05, 0.1) is 22.8 Å². The summed E-state index contributed by atoms with van der Waals surface area (Å²) in [7, 11) is -2.87. The van der Waals surface area contributed by atoms with Crippen molar-refractivity contribution in [3.63, 3.8) is 0 Å². The lowest BCUT2D eigenvalue weighted by Crippen LogP contribution is -2.40. The lowest BCUT2D eigenvalue weighted by atomic mass is 10.2. The van der Waals surface area contributed by atoms with Crippen LogP contribution >= 0.6 is 0 Å². The van der Waals surface area contributed by atoms with Crippen molar-refractivity contribution in [3.05, 3.63) is 29.8 Å². The first-order valence-electron chi connectivity index (χ1n) is 5.07. The number of hydrogen-bond donors (Lipinski definition) is 0. The average Bonchev–Trinajstić information content (AvgIpc) is 2.29. The molecule has 0 aromatic heterocycles. The number of hydrogen-bond acceptors (Lipinski definition) is 4. The van der Waals surface area contributed by atoms with E-state index in [0.717, 1.165) is 5.69 Å². The monoisotopic (exact) mass is 236 g/mol. The Morgan fingerprint density at radius 2 is 1.81 bits per heavy atom. The van der Waals surface area contributed by atoms with Crippen LogP contribution in [0.1, 0.15) is 5.56 Å². The minimum atomic E-state index is -2.87. The summed E-state index contributed by atoms with van der Waals surface area (Å²) in [5.41, 5.74) is 1.43. The Bertz CT molecular complexity index is 517. The third-order valence-corrected chi connectivity index (χ3v) is 4.32. The molecule has 5 heteroatoms. The average molecular weight is 236 g/mol. The van der Waals surface area contributed by atoms with Crippen molar-refractivity contribution < 1.29 is 8.42 Å². The van der Waals surface area contributed by atoms with E-state index in [4.69, 9.17) is 5.26 Å². The summed E-state index contributed by atoms with van der Waals surface area (Å²) in [6, 6.07) is 9.40. The van der Waals surface area contributed by atoms with E-state index in [-0.39, 0.29) is 11.5 Å². The van der Waals surface area contributed by atoms with Crippen LogP contribution in [0.5, 0.6) is 0 Å². The van der Waals surface area contributed by atoms with E-state index in [1.54, 1.807) is 6.07 Å². The Kier molecular flexibility index (Phi) is 2.84. The molecule has 1 saturated heterocycles. The summed E-state index contributed by atoms with van der Waals surface area (Å²) in [6.45, 7) is 0.946. The topological polar surface area (TPSA) is 61.2 Å². The highest BCUT2D eigenvalue weighted by atomic mass is 32.2. The zero-order chi connectivity index (χ0) is 11.6. The van der Waals surface area contributed by atoms with Gasteiger partial charge in [-0.25, -0.2) is 8.42 Å². The minimum absolute atomic E-state index is 0.173. The van der Waals surface area contributed by atoms with Crippen LogP contribution in [0, 0.1) is 11.3 Å². The van der Waals surface area contributed by atoms with Crippen LogP contribution in [-0.2, 0) is 9.84 Å². The normalized spacial score (nSPS) is 19.1. The van der Waals surface area contributed by atoms with Gasteiger partial charge >= 0.3 is 0 Å². The summed E-state index contributed by atoms with van der Waals surface area (Å²) in [4.78, 5) is 1.96. The third-order valence-electron chi connectivity index (χ3n) is 2.71. The molecule has 0 N–H and O–H groups in total. The lowest BCUT2D eigenvalue weighted by Gasteiger charge is -2.29. The molecule has 0 unspecified atom stereocenters. The molecular formula is C11H12N2O2S.